The number of fused-ring (bicyclic) bond motifs is 1. The fourth-order valence-corrected chi connectivity index (χ4v) is 3.69. The van der Waals surface area contributed by atoms with Crippen LogP contribution in [0.3, 0.4) is 0 Å². The average Bonchev–Trinajstić information content (AvgIpc) is 2.85. The van der Waals surface area contributed by atoms with E-state index in [4.69, 9.17) is 0 Å². The molecule has 1 aromatic rings. The third-order valence-electron chi connectivity index (χ3n) is 4.86. The number of benzene rings is 1. The molecule has 1 aromatic carbocycles. The number of hydrogen-bond donors (Lipinski definition) is 2. The average molecular weight is 273 g/mol. The molecule has 2 atom stereocenters. The van der Waals surface area contributed by atoms with E-state index in [1.165, 1.54) is 43.5 Å². The molecule has 2 aliphatic rings. The molecular formula is C17H27N3. The molecule has 0 aromatic heterocycles. The number of rotatable bonds is 4. The Hall–Kier alpha value is -0.900. The van der Waals surface area contributed by atoms with Crippen LogP contribution in [-0.4, -0.2) is 37.1 Å². The normalized spacial score (nSPS) is 27.2. The van der Waals surface area contributed by atoms with Gasteiger partial charge in [-0.25, -0.2) is 0 Å². The van der Waals surface area contributed by atoms with E-state index >= 15 is 0 Å². The molecule has 0 saturated carbocycles. The minimum Gasteiger partial charge on any atom is -0.313 e. The van der Waals surface area contributed by atoms with E-state index in [-0.39, 0.29) is 0 Å². The van der Waals surface area contributed by atoms with Crippen molar-refractivity contribution in [2.75, 3.05) is 26.2 Å². The van der Waals surface area contributed by atoms with Gasteiger partial charge >= 0.3 is 0 Å². The molecule has 1 fully saturated rings. The van der Waals surface area contributed by atoms with Crippen LogP contribution < -0.4 is 10.6 Å². The molecule has 1 saturated heterocycles. The van der Waals surface area contributed by atoms with Crippen LogP contribution >= 0.6 is 0 Å². The molecule has 2 aliphatic heterocycles. The van der Waals surface area contributed by atoms with E-state index in [1.54, 1.807) is 0 Å². The highest BCUT2D eigenvalue weighted by atomic mass is 15.2. The summed E-state index contributed by atoms with van der Waals surface area (Å²) in [7, 11) is 0. The quantitative estimate of drug-likeness (QED) is 0.881. The molecule has 0 bridgehead atoms. The summed E-state index contributed by atoms with van der Waals surface area (Å²) in [6.07, 6.45) is 3.91. The Bertz CT molecular complexity index is 432. The molecule has 2 heterocycles. The van der Waals surface area contributed by atoms with Gasteiger partial charge in [0.05, 0.1) is 0 Å². The van der Waals surface area contributed by atoms with Gasteiger partial charge in [-0.05, 0) is 50.0 Å². The van der Waals surface area contributed by atoms with Gasteiger partial charge < -0.3 is 10.6 Å². The summed E-state index contributed by atoms with van der Waals surface area (Å²) >= 11 is 0. The molecule has 0 radical (unpaired) electrons. The monoisotopic (exact) mass is 273 g/mol. The second-order valence-corrected chi connectivity index (χ2v) is 6.05. The molecule has 3 heteroatoms. The number of likely N-dealkylation sites (N-methyl/N-ethyl adjacent to an activating group) is 1. The maximum absolute atomic E-state index is 3.84. The minimum atomic E-state index is 0.514. The Morgan fingerprint density at radius 2 is 2.20 bits per heavy atom. The molecule has 2 unspecified atom stereocenters. The molecular weight excluding hydrogens is 246 g/mol. The lowest BCUT2D eigenvalue weighted by Crippen LogP contribution is -2.39. The van der Waals surface area contributed by atoms with Gasteiger partial charge in [-0.2, -0.15) is 0 Å². The van der Waals surface area contributed by atoms with Crippen molar-refractivity contribution in [3.8, 4) is 0 Å². The number of hydrogen-bond acceptors (Lipinski definition) is 3. The number of nitrogens with zero attached hydrogens (tertiary/aromatic N) is 1. The summed E-state index contributed by atoms with van der Waals surface area (Å²) in [6.45, 7) is 8.00. The second kappa shape index (κ2) is 6.70. The first kappa shape index (κ1) is 14.1. The van der Waals surface area contributed by atoms with Gasteiger partial charge in [0.2, 0.25) is 0 Å². The van der Waals surface area contributed by atoms with Crippen molar-refractivity contribution in [1.82, 2.24) is 15.5 Å². The first-order chi connectivity index (χ1) is 9.88. The van der Waals surface area contributed by atoms with Crippen molar-refractivity contribution in [3.63, 3.8) is 0 Å². The largest absolute Gasteiger partial charge is 0.313 e. The van der Waals surface area contributed by atoms with E-state index in [2.05, 4.69) is 46.7 Å². The summed E-state index contributed by atoms with van der Waals surface area (Å²) in [5.74, 6) is 0. The third kappa shape index (κ3) is 3.05. The van der Waals surface area contributed by atoms with Crippen LogP contribution in [0.4, 0.5) is 0 Å². The first-order valence-corrected chi connectivity index (χ1v) is 8.14. The zero-order valence-electron chi connectivity index (χ0n) is 12.6. The van der Waals surface area contributed by atoms with Crippen molar-refractivity contribution >= 4 is 0 Å². The fourth-order valence-electron chi connectivity index (χ4n) is 3.69. The molecule has 0 amide bonds. The van der Waals surface area contributed by atoms with Crippen LogP contribution in [0, 0.1) is 0 Å². The van der Waals surface area contributed by atoms with Crippen molar-refractivity contribution in [2.24, 2.45) is 0 Å². The summed E-state index contributed by atoms with van der Waals surface area (Å²) < 4.78 is 0. The highest BCUT2D eigenvalue weighted by Gasteiger charge is 2.24. The van der Waals surface area contributed by atoms with E-state index in [0.717, 1.165) is 25.7 Å². The van der Waals surface area contributed by atoms with Crippen LogP contribution in [0.15, 0.2) is 24.3 Å². The standard InChI is InChI=1S/C17H27N3/c1-2-20-11-5-7-15(20)13-19-17-9-10-18-12-14-6-3-4-8-16(14)17/h3-4,6,8,15,17-19H,2,5,7,9-13H2,1H3. The van der Waals surface area contributed by atoms with E-state index < -0.39 is 0 Å². The maximum atomic E-state index is 3.84. The lowest BCUT2D eigenvalue weighted by molar-refractivity contribution is 0.252. The zero-order valence-corrected chi connectivity index (χ0v) is 12.6. The van der Waals surface area contributed by atoms with Gasteiger partial charge in [0.15, 0.2) is 0 Å². The Morgan fingerprint density at radius 1 is 1.30 bits per heavy atom. The van der Waals surface area contributed by atoms with Crippen LogP contribution in [0.5, 0.6) is 0 Å². The predicted octanol–water partition coefficient (Wildman–Crippen LogP) is 2.29. The Balaban J connectivity index is 1.65. The van der Waals surface area contributed by atoms with Crippen molar-refractivity contribution in [3.05, 3.63) is 35.4 Å². The lowest BCUT2D eigenvalue weighted by atomic mass is 9.99. The Labute approximate surface area is 122 Å². The predicted molar refractivity (Wildman–Crippen MR) is 83.8 cm³/mol. The Morgan fingerprint density at radius 3 is 3.10 bits per heavy atom. The van der Waals surface area contributed by atoms with Gasteiger partial charge in [-0.1, -0.05) is 31.2 Å². The van der Waals surface area contributed by atoms with Crippen LogP contribution in [-0.2, 0) is 6.54 Å². The molecule has 2 N–H and O–H groups in total. The minimum absolute atomic E-state index is 0.514. The van der Waals surface area contributed by atoms with Crippen LogP contribution in [0.2, 0.25) is 0 Å². The summed E-state index contributed by atoms with van der Waals surface area (Å²) in [4.78, 5) is 2.62. The zero-order chi connectivity index (χ0) is 13.8. The molecule has 3 nitrogen and oxygen atoms in total. The third-order valence-corrected chi connectivity index (χ3v) is 4.86. The topological polar surface area (TPSA) is 27.3 Å². The van der Waals surface area contributed by atoms with Gasteiger partial charge in [0.25, 0.3) is 0 Å². The smallest absolute Gasteiger partial charge is 0.0336 e. The maximum Gasteiger partial charge on any atom is 0.0336 e. The summed E-state index contributed by atoms with van der Waals surface area (Å²) in [6, 6.07) is 10.1. The number of nitrogens with one attached hydrogen (secondary N) is 2. The molecule has 0 aliphatic carbocycles. The Kier molecular flexibility index (Phi) is 4.71. The fraction of sp³-hybridized carbons (Fsp3) is 0.647. The van der Waals surface area contributed by atoms with Gasteiger partial charge in [0, 0.05) is 25.2 Å². The SMILES string of the molecule is CCN1CCCC1CNC1CCNCc2ccccc21. The number of likely N-dealkylation sites (tertiary alicyclic amines) is 1. The van der Waals surface area contributed by atoms with E-state index in [9.17, 15) is 0 Å². The van der Waals surface area contributed by atoms with Crippen molar-refractivity contribution in [1.29, 1.82) is 0 Å². The molecule has 20 heavy (non-hydrogen) atoms. The second-order valence-electron chi connectivity index (χ2n) is 6.05. The molecule has 3 rings (SSSR count). The van der Waals surface area contributed by atoms with E-state index in [1.807, 2.05) is 0 Å². The lowest BCUT2D eigenvalue weighted by Gasteiger charge is -2.26. The van der Waals surface area contributed by atoms with E-state index in [0.29, 0.717) is 6.04 Å². The van der Waals surface area contributed by atoms with Crippen molar-refractivity contribution in [2.45, 2.75) is 44.8 Å². The summed E-state index contributed by atoms with van der Waals surface area (Å²) in [5.41, 5.74) is 2.96. The van der Waals surface area contributed by atoms with Gasteiger partial charge in [-0.3, -0.25) is 4.90 Å². The van der Waals surface area contributed by atoms with Gasteiger partial charge in [-0.15, -0.1) is 0 Å². The highest BCUT2D eigenvalue weighted by molar-refractivity contribution is 5.31. The van der Waals surface area contributed by atoms with Crippen molar-refractivity contribution < 1.29 is 0 Å². The molecule has 110 valence electrons. The van der Waals surface area contributed by atoms with Crippen LogP contribution in [0.1, 0.15) is 43.4 Å². The molecule has 0 spiro atoms. The summed E-state index contributed by atoms with van der Waals surface area (Å²) in [5, 5.41) is 7.37. The highest BCUT2D eigenvalue weighted by Crippen LogP contribution is 2.24. The van der Waals surface area contributed by atoms with Gasteiger partial charge in [0.1, 0.15) is 0 Å². The first-order valence-electron chi connectivity index (χ1n) is 8.14. The van der Waals surface area contributed by atoms with Crippen LogP contribution in [0.25, 0.3) is 0 Å².